The highest BCUT2D eigenvalue weighted by atomic mass is 32.1. The van der Waals surface area contributed by atoms with E-state index in [0.29, 0.717) is 5.92 Å². The van der Waals surface area contributed by atoms with E-state index in [0.717, 1.165) is 53.2 Å². The maximum absolute atomic E-state index is 5.82. The van der Waals surface area contributed by atoms with Crippen molar-refractivity contribution in [3.8, 4) is 10.6 Å². The van der Waals surface area contributed by atoms with Gasteiger partial charge < -0.3 is 9.73 Å². The van der Waals surface area contributed by atoms with Crippen LogP contribution in [0.25, 0.3) is 10.6 Å². The first kappa shape index (κ1) is 15.2. The van der Waals surface area contributed by atoms with Crippen molar-refractivity contribution in [2.75, 3.05) is 13.1 Å². The topological polar surface area (TPSA) is 51.0 Å². The minimum absolute atomic E-state index is 0.695. The molecule has 2 heterocycles. The molecule has 2 aromatic heterocycles. The molecule has 0 aliphatic heterocycles. The number of nitrogens with one attached hydrogen (secondary N) is 1. The predicted molar refractivity (Wildman–Crippen MR) is 83.1 cm³/mol. The van der Waals surface area contributed by atoms with Crippen molar-refractivity contribution in [3.63, 3.8) is 0 Å². The van der Waals surface area contributed by atoms with Gasteiger partial charge in [0.2, 0.25) is 0 Å². The maximum atomic E-state index is 5.82. The van der Waals surface area contributed by atoms with Gasteiger partial charge in [-0.3, -0.25) is 0 Å². The number of oxazole rings is 1. The average molecular weight is 293 g/mol. The van der Waals surface area contributed by atoms with E-state index in [4.69, 9.17) is 4.42 Å². The zero-order chi connectivity index (χ0) is 14.5. The first-order valence-electron chi connectivity index (χ1n) is 7.16. The minimum atomic E-state index is 0.695. The lowest BCUT2D eigenvalue weighted by atomic mass is 10.2. The molecule has 0 unspecified atom stereocenters. The third-order valence-corrected chi connectivity index (χ3v) is 4.07. The van der Waals surface area contributed by atoms with Crippen molar-refractivity contribution in [2.45, 2.75) is 40.5 Å². The van der Waals surface area contributed by atoms with Crippen molar-refractivity contribution in [1.82, 2.24) is 15.3 Å². The zero-order valence-electron chi connectivity index (χ0n) is 12.7. The van der Waals surface area contributed by atoms with E-state index >= 15 is 0 Å². The Labute approximate surface area is 124 Å². The molecule has 0 aliphatic rings. The van der Waals surface area contributed by atoms with Crippen LogP contribution in [0, 0.1) is 19.8 Å². The van der Waals surface area contributed by atoms with Gasteiger partial charge in [-0.2, -0.15) is 0 Å². The van der Waals surface area contributed by atoms with Gasteiger partial charge in [0, 0.05) is 6.42 Å². The second-order valence-corrected chi connectivity index (χ2v) is 6.67. The van der Waals surface area contributed by atoms with Crippen LogP contribution < -0.4 is 5.32 Å². The fraction of sp³-hybridized carbons (Fsp3) is 0.600. The van der Waals surface area contributed by atoms with E-state index in [-0.39, 0.29) is 0 Å². The smallest absolute Gasteiger partial charge is 0.194 e. The van der Waals surface area contributed by atoms with Gasteiger partial charge in [-0.25, -0.2) is 9.97 Å². The maximum Gasteiger partial charge on any atom is 0.194 e. The lowest BCUT2D eigenvalue weighted by molar-refractivity contribution is 0.484. The number of aryl methyl sites for hydroxylation is 3. The van der Waals surface area contributed by atoms with Gasteiger partial charge in [0.15, 0.2) is 11.7 Å². The van der Waals surface area contributed by atoms with Gasteiger partial charge in [-0.05, 0) is 39.3 Å². The normalized spacial score (nSPS) is 11.4. The highest BCUT2D eigenvalue weighted by molar-refractivity contribution is 7.15. The fourth-order valence-corrected chi connectivity index (χ4v) is 2.91. The molecular weight excluding hydrogens is 270 g/mol. The molecule has 0 radical (unpaired) electrons. The number of hydrogen-bond donors (Lipinski definition) is 1. The Bertz CT molecular complexity index is 545. The lowest BCUT2D eigenvalue weighted by Crippen LogP contribution is -2.21. The van der Waals surface area contributed by atoms with E-state index in [2.05, 4.69) is 29.1 Å². The largest absolute Gasteiger partial charge is 0.440 e. The molecule has 110 valence electrons. The summed E-state index contributed by atoms with van der Waals surface area (Å²) in [5.41, 5.74) is 1.02. The summed E-state index contributed by atoms with van der Waals surface area (Å²) in [5.74, 6) is 2.36. The Hall–Kier alpha value is -1.20. The summed E-state index contributed by atoms with van der Waals surface area (Å²) in [5, 5.41) is 4.49. The quantitative estimate of drug-likeness (QED) is 0.793. The Kier molecular flexibility index (Phi) is 5.31. The molecule has 0 aromatic carbocycles. The molecule has 20 heavy (non-hydrogen) atoms. The number of nitrogens with zero attached hydrogens (tertiary/aromatic N) is 2. The Morgan fingerprint density at radius 1 is 1.35 bits per heavy atom. The molecule has 0 bridgehead atoms. The molecular formula is C15H23N3OS. The van der Waals surface area contributed by atoms with E-state index < -0.39 is 0 Å². The van der Waals surface area contributed by atoms with Crippen LogP contribution in [0.1, 0.15) is 36.9 Å². The standard InChI is InChI=1S/C15H23N3OS/c1-10(2)8-16-7-5-6-14-17-9-13(19-14)15-11(3)18-12(4)20-15/h9-10,16H,5-8H2,1-4H3. The summed E-state index contributed by atoms with van der Waals surface area (Å²) in [6.45, 7) is 10.5. The number of thiazole rings is 1. The third-order valence-electron chi connectivity index (χ3n) is 2.98. The van der Waals surface area contributed by atoms with E-state index in [1.165, 1.54) is 0 Å². The van der Waals surface area contributed by atoms with Gasteiger partial charge in [0.25, 0.3) is 0 Å². The molecule has 5 heteroatoms. The fourth-order valence-electron chi connectivity index (χ4n) is 2.05. The second-order valence-electron chi connectivity index (χ2n) is 5.47. The molecule has 0 fully saturated rings. The molecule has 0 spiro atoms. The average Bonchev–Trinajstić information content (AvgIpc) is 2.95. The Balaban J connectivity index is 1.85. The van der Waals surface area contributed by atoms with Crippen LogP contribution in [-0.2, 0) is 6.42 Å². The summed E-state index contributed by atoms with van der Waals surface area (Å²) >= 11 is 1.66. The van der Waals surface area contributed by atoms with Crippen LogP contribution in [0.5, 0.6) is 0 Å². The summed E-state index contributed by atoms with van der Waals surface area (Å²) in [6, 6.07) is 0. The highest BCUT2D eigenvalue weighted by Gasteiger charge is 2.12. The first-order valence-corrected chi connectivity index (χ1v) is 7.97. The van der Waals surface area contributed by atoms with Gasteiger partial charge in [-0.15, -0.1) is 11.3 Å². The Morgan fingerprint density at radius 3 is 2.80 bits per heavy atom. The molecule has 0 aliphatic carbocycles. The van der Waals surface area contributed by atoms with E-state index in [1.54, 1.807) is 11.3 Å². The lowest BCUT2D eigenvalue weighted by Gasteiger charge is -2.05. The van der Waals surface area contributed by atoms with Crippen LogP contribution in [0.15, 0.2) is 10.6 Å². The molecule has 0 amide bonds. The van der Waals surface area contributed by atoms with Crippen molar-refractivity contribution in [1.29, 1.82) is 0 Å². The van der Waals surface area contributed by atoms with Gasteiger partial charge in [-0.1, -0.05) is 13.8 Å². The van der Waals surface area contributed by atoms with E-state index in [1.807, 2.05) is 20.0 Å². The van der Waals surface area contributed by atoms with Crippen LogP contribution in [0.4, 0.5) is 0 Å². The van der Waals surface area contributed by atoms with Gasteiger partial charge in [0.1, 0.15) is 0 Å². The molecule has 2 rings (SSSR count). The van der Waals surface area contributed by atoms with E-state index in [9.17, 15) is 0 Å². The van der Waals surface area contributed by atoms with Crippen molar-refractivity contribution in [2.24, 2.45) is 5.92 Å². The number of aromatic nitrogens is 2. The van der Waals surface area contributed by atoms with Gasteiger partial charge >= 0.3 is 0 Å². The zero-order valence-corrected chi connectivity index (χ0v) is 13.5. The molecule has 0 saturated carbocycles. The third kappa shape index (κ3) is 4.15. The monoisotopic (exact) mass is 293 g/mol. The Morgan fingerprint density at radius 2 is 2.15 bits per heavy atom. The minimum Gasteiger partial charge on any atom is -0.440 e. The van der Waals surface area contributed by atoms with Crippen molar-refractivity contribution >= 4 is 11.3 Å². The molecule has 0 atom stereocenters. The molecule has 1 N–H and O–H groups in total. The van der Waals surface area contributed by atoms with Crippen molar-refractivity contribution < 1.29 is 4.42 Å². The molecule has 2 aromatic rings. The summed E-state index contributed by atoms with van der Waals surface area (Å²) in [4.78, 5) is 9.88. The first-order chi connectivity index (χ1) is 9.56. The summed E-state index contributed by atoms with van der Waals surface area (Å²) < 4.78 is 5.82. The number of hydrogen-bond acceptors (Lipinski definition) is 5. The number of rotatable bonds is 7. The van der Waals surface area contributed by atoms with Crippen LogP contribution in [-0.4, -0.2) is 23.1 Å². The predicted octanol–water partition coefficient (Wildman–Crippen LogP) is 3.59. The molecule has 0 saturated heterocycles. The van der Waals surface area contributed by atoms with Crippen LogP contribution >= 0.6 is 11.3 Å². The van der Waals surface area contributed by atoms with Crippen molar-refractivity contribution in [3.05, 3.63) is 22.8 Å². The summed E-state index contributed by atoms with van der Waals surface area (Å²) in [6.07, 6.45) is 3.74. The summed E-state index contributed by atoms with van der Waals surface area (Å²) in [7, 11) is 0. The van der Waals surface area contributed by atoms with Crippen LogP contribution in [0.3, 0.4) is 0 Å². The SMILES string of the molecule is Cc1nc(C)c(-c2cnc(CCCNCC(C)C)o2)s1. The highest BCUT2D eigenvalue weighted by Crippen LogP contribution is 2.30. The van der Waals surface area contributed by atoms with Gasteiger partial charge in [0.05, 0.1) is 21.8 Å². The van der Waals surface area contributed by atoms with Crippen LogP contribution in [0.2, 0.25) is 0 Å². The molecule has 4 nitrogen and oxygen atoms in total. The second kappa shape index (κ2) is 6.99.